The number of nitrogens with zero attached hydrogens (tertiary/aromatic N) is 2. The highest BCUT2D eigenvalue weighted by molar-refractivity contribution is 5.72. The predicted molar refractivity (Wildman–Crippen MR) is 46.9 cm³/mol. The zero-order valence-electron chi connectivity index (χ0n) is 6.03. The third-order valence-corrected chi connectivity index (χ3v) is 0.760. The van der Waals surface area contributed by atoms with Crippen LogP contribution in [0.4, 0.5) is 0 Å². The minimum atomic E-state index is 0.630. The molecule has 54 valence electrons. The minimum absolute atomic E-state index is 0.630. The van der Waals surface area contributed by atoms with Gasteiger partial charge in [-0.25, -0.2) is 4.99 Å². The van der Waals surface area contributed by atoms with Crippen molar-refractivity contribution in [2.45, 2.75) is 6.42 Å². The molecular weight excluding hydrogens is 124 g/mol. The van der Waals surface area contributed by atoms with Crippen LogP contribution >= 0.6 is 0 Å². The van der Waals surface area contributed by atoms with Crippen LogP contribution in [0.25, 0.3) is 0 Å². The second-order valence-electron chi connectivity index (χ2n) is 1.63. The van der Waals surface area contributed by atoms with Crippen molar-refractivity contribution in [2.24, 2.45) is 9.98 Å². The summed E-state index contributed by atoms with van der Waals surface area (Å²) < 4.78 is 0. The molecule has 0 spiro atoms. The summed E-state index contributed by atoms with van der Waals surface area (Å²) in [6.07, 6.45) is 7.56. The Morgan fingerprint density at radius 3 is 2.60 bits per heavy atom. The zero-order valence-corrected chi connectivity index (χ0v) is 6.03. The fourth-order valence-electron chi connectivity index (χ4n) is 0.351. The number of rotatable bonds is 5. The van der Waals surface area contributed by atoms with Gasteiger partial charge in [0.25, 0.3) is 0 Å². The summed E-state index contributed by atoms with van der Waals surface area (Å²) in [5, 5.41) is 0. The van der Waals surface area contributed by atoms with E-state index in [0.717, 1.165) is 6.42 Å². The second kappa shape index (κ2) is 7.82. The summed E-state index contributed by atoms with van der Waals surface area (Å²) in [5.74, 6) is 0. The Morgan fingerprint density at radius 2 is 2.00 bits per heavy atom. The SMILES string of the molecule is C=CCC=NC=NCC=C. The van der Waals surface area contributed by atoms with Crippen LogP contribution in [0.15, 0.2) is 35.3 Å². The molecule has 0 heterocycles. The highest BCUT2D eigenvalue weighted by Crippen LogP contribution is 1.73. The van der Waals surface area contributed by atoms with Crippen molar-refractivity contribution < 1.29 is 0 Å². The first-order valence-electron chi connectivity index (χ1n) is 3.13. The number of hydrogen-bond acceptors (Lipinski definition) is 1. The van der Waals surface area contributed by atoms with Crippen LogP contribution in [-0.2, 0) is 0 Å². The molecule has 0 aromatic rings. The van der Waals surface area contributed by atoms with Crippen molar-refractivity contribution in [1.82, 2.24) is 0 Å². The van der Waals surface area contributed by atoms with Gasteiger partial charge in [-0.15, -0.1) is 13.2 Å². The van der Waals surface area contributed by atoms with E-state index in [4.69, 9.17) is 0 Å². The summed E-state index contributed by atoms with van der Waals surface area (Å²) in [5.41, 5.74) is 0. The van der Waals surface area contributed by atoms with E-state index in [1.807, 2.05) is 0 Å². The molecule has 0 saturated heterocycles. The van der Waals surface area contributed by atoms with Gasteiger partial charge < -0.3 is 0 Å². The first kappa shape index (κ1) is 8.82. The van der Waals surface area contributed by atoms with E-state index in [0.29, 0.717) is 6.54 Å². The quantitative estimate of drug-likeness (QED) is 0.313. The van der Waals surface area contributed by atoms with Crippen LogP contribution in [0.1, 0.15) is 6.42 Å². The number of hydrogen-bond donors (Lipinski definition) is 0. The van der Waals surface area contributed by atoms with Crippen LogP contribution in [0, 0.1) is 0 Å². The van der Waals surface area contributed by atoms with Crippen LogP contribution in [0.5, 0.6) is 0 Å². The molecule has 0 atom stereocenters. The maximum absolute atomic E-state index is 3.89. The van der Waals surface area contributed by atoms with E-state index >= 15 is 0 Å². The average Bonchev–Trinajstić information content (AvgIpc) is 1.97. The molecule has 2 nitrogen and oxygen atoms in total. The zero-order chi connectivity index (χ0) is 7.66. The average molecular weight is 136 g/mol. The van der Waals surface area contributed by atoms with Gasteiger partial charge in [-0.05, 0) is 0 Å². The van der Waals surface area contributed by atoms with Crippen LogP contribution < -0.4 is 0 Å². The third-order valence-electron chi connectivity index (χ3n) is 0.760. The van der Waals surface area contributed by atoms with Crippen molar-refractivity contribution in [2.75, 3.05) is 6.54 Å². The lowest BCUT2D eigenvalue weighted by atomic mass is 10.5. The van der Waals surface area contributed by atoms with Gasteiger partial charge in [0, 0.05) is 12.6 Å². The van der Waals surface area contributed by atoms with E-state index in [2.05, 4.69) is 23.1 Å². The van der Waals surface area contributed by atoms with Gasteiger partial charge in [-0.2, -0.15) is 0 Å². The number of allylic oxidation sites excluding steroid dienone is 1. The molecule has 0 bridgehead atoms. The van der Waals surface area contributed by atoms with Gasteiger partial charge >= 0.3 is 0 Å². The number of aliphatic imine (C=N–C) groups is 2. The normalized spacial score (nSPS) is 10.8. The molecule has 0 amide bonds. The summed E-state index contributed by atoms with van der Waals surface area (Å²) in [7, 11) is 0. The van der Waals surface area contributed by atoms with Crippen molar-refractivity contribution >= 4 is 12.6 Å². The Bertz CT molecular complexity index is 127. The van der Waals surface area contributed by atoms with E-state index < -0.39 is 0 Å². The van der Waals surface area contributed by atoms with Crippen molar-refractivity contribution in [1.29, 1.82) is 0 Å². The molecule has 0 radical (unpaired) electrons. The predicted octanol–water partition coefficient (Wildman–Crippen LogP) is 1.85. The monoisotopic (exact) mass is 136 g/mol. The molecule has 0 aromatic heterocycles. The Balaban J connectivity index is 3.31. The lowest BCUT2D eigenvalue weighted by molar-refractivity contribution is 1.25. The molecule has 0 fully saturated rings. The Kier molecular flexibility index (Phi) is 6.90. The lowest BCUT2D eigenvalue weighted by Gasteiger charge is -1.77. The van der Waals surface area contributed by atoms with Crippen molar-refractivity contribution in [3.63, 3.8) is 0 Å². The third kappa shape index (κ3) is 6.82. The molecule has 0 aromatic carbocycles. The lowest BCUT2D eigenvalue weighted by Crippen LogP contribution is -1.73. The first-order valence-corrected chi connectivity index (χ1v) is 3.13. The van der Waals surface area contributed by atoms with Crippen LogP contribution in [0.2, 0.25) is 0 Å². The Labute approximate surface area is 61.7 Å². The van der Waals surface area contributed by atoms with E-state index in [-0.39, 0.29) is 0 Å². The molecule has 2 heteroatoms. The van der Waals surface area contributed by atoms with Gasteiger partial charge in [-0.1, -0.05) is 12.2 Å². The minimum Gasteiger partial charge on any atom is -0.269 e. The summed E-state index contributed by atoms with van der Waals surface area (Å²) in [4.78, 5) is 7.75. The molecule has 0 unspecified atom stereocenters. The van der Waals surface area contributed by atoms with Gasteiger partial charge in [-0.3, -0.25) is 4.99 Å². The van der Waals surface area contributed by atoms with E-state index in [1.54, 1.807) is 18.4 Å². The highest BCUT2D eigenvalue weighted by Gasteiger charge is 1.66. The molecular formula is C8H12N2. The summed E-state index contributed by atoms with van der Waals surface area (Å²) >= 11 is 0. The Hall–Kier alpha value is -1.18. The summed E-state index contributed by atoms with van der Waals surface area (Å²) in [6.45, 7) is 7.69. The van der Waals surface area contributed by atoms with Gasteiger partial charge in [0.05, 0.1) is 6.54 Å². The molecule has 10 heavy (non-hydrogen) atoms. The molecule has 0 aliphatic heterocycles. The largest absolute Gasteiger partial charge is 0.269 e. The fraction of sp³-hybridized carbons (Fsp3) is 0.250. The molecule has 0 aliphatic carbocycles. The van der Waals surface area contributed by atoms with Gasteiger partial charge in [0.15, 0.2) is 0 Å². The Morgan fingerprint density at radius 1 is 1.20 bits per heavy atom. The van der Waals surface area contributed by atoms with Crippen molar-refractivity contribution in [3.8, 4) is 0 Å². The topological polar surface area (TPSA) is 24.7 Å². The summed E-state index contributed by atoms with van der Waals surface area (Å²) in [6, 6.07) is 0. The maximum Gasteiger partial charge on any atom is 0.109 e. The van der Waals surface area contributed by atoms with E-state index in [9.17, 15) is 0 Å². The maximum atomic E-state index is 3.89. The molecule has 0 aliphatic rings. The smallest absolute Gasteiger partial charge is 0.109 e. The first-order chi connectivity index (χ1) is 4.91. The van der Waals surface area contributed by atoms with Crippen LogP contribution in [-0.4, -0.2) is 19.1 Å². The van der Waals surface area contributed by atoms with E-state index in [1.165, 1.54) is 6.34 Å². The van der Waals surface area contributed by atoms with Crippen molar-refractivity contribution in [3.05, 3.63) is 25.3 Å². The standard InChI is InChI=1S/C8H12N2/c1-3-5-7-10-8-9-6-4-2/h3-4,7-8H,1-2,5-6H2. The molecule has 0 rings (SSSR count). The van der Waals surface area contributed by atoms with Gasteiger partial charge in [0.2, 0.25) is 0 Å². The molecule has 0 N–H and O–H groups in total. The van der Waals surface area contributed by atoms with Crippen LogP contribution in [0.3, 0.4) is 0 Å². The van der Waals surface area contributed by atoms with Gasteiger partial charge in [0.1, 0.15) is 6.34 Å². The fourth-order valence-corrected chi connectivity index (χ4v) is 0.351. The second-order valence-corrected chi connectivity index (χ2v) is 1.63. The molecule has 0 saturated carbocycles. The highest BCUT2D eigenvalue weighted by atomic mass is 14.8.